The van der Waals surface area contributed by atoms with Crippen LogP contribution in [0.5, 0.6) is 0 Å². The van der Waals surface area contributed by atoms with Crippen molar-refractivity contribution in [1.29, 1.82) is 0 Å². The first kappa shape index (κ1) is 20.2. The molecule has 1 aliphatic rings. The molecule has 2 heterocycles. The third-order valence-corrected chi connectivity index (χ3v) is 5.25. The summed E-state index contributed by atoms with van der Waals surface area (Å²) in [7, 11) is 0. The van der Waals surface area contributed by atoms with E-state index in [9.17, 15) is 9.18 Å². The van der Waals surface area contributed by atoms with E-state index in [1.165, 1.54) is 12.1 Å². The molecular formula is C24H24FN3O2. The van der Waals surface area contributed by atoms with Gasteiger partial charge < -0.3 is 10.1 Å². The highest BCUT2D eigenvalue weighted by atomic mass is 19.1. The number of hydrogen-bond donors (Lipinski definition) is 1. The van der Waals surface area contributed by atoms with Crippen LogP contribution in [-0.4, -0.2) is 42.1 Å². The Hall–Kier alpha value is -3.09. The van der Waals surface area contributed by atoms with Gasteiger partial charge in [0.05, 0.1) is 13.2 Å². The van der Waals surface area contributed by atoms with Crippen LogP contribution in [0.25, 0.3) is 11.1 Å². The molecule has 1 saturated heterocycles. The predicted molar refractivity (Wildman–Crippen MR) is 115 cm³/mol. The van der Waals surface area contributed by atoms with Crippen molar-refractivity contribution in [2.24, 2.45) is 0 Å². The van der Waals surface area contributed by atoms with Crippen LogP contribution in [0.15, 0.2) is 60.9 Å². The van der Waals surface area contributed by atoms with Gasteiger partial charge in [-0.1, -0.05) is 18.2 Å². The summed E-state index contributed by atoms with van der Waals surface area (Å²) >= 11 is 0. The Morgan fingerprint density at radius 1 is 1.17 bits per heavy atom. The second-order valence-electron chi connectivity index (χ2n) is 7.42. The lowest BCUT2D eigenvalue weighted by molar-refractivity contribution is 0.0342. The molecule has 1 aromatic heterocycles. The minimum atomic E-state index is -0.449. The quantitative estimate of drug-likeness (QED) is 0.688. The van der Waals surface area contributed by atoms with Crippen LogP contribution in [0.4, 0.5) is 10.1 Å². The van der Waals surface area contributed by atoms with Crippen molar-refractivity contribution in [1.82, 2.24) is 9.88 Å². The van der Waals surface area contributed by atoms with Crippen LogP contribution >= 0.6 is 0 Å². The lowest BCUT2D eigenvalue weighted by atomic mass is 10.00. The number of para-hydroxylation sites is 1. The molecule has 0 radical (unpaired) electrons. The summed E-state index contributed by atoms with van der Waals surface area (Å²) in [4.78, 5) is 19.3. The van der Waals surface area contributed by atoms with Gasteiger partial charge >= 0.3 is 0 Å². The number of rotatable bonds is 5. The molecule has 154 valence electrons. The number of nitrogens with zero attached hydrogens (tertiary/aromatic N) is 2. The van der Waals surface area contributed by atoms with Crippen LogP contribution in [0.1, 0.15) is 21.5 Å². The zero-order valence-electron chi connectivity index (χ0n) is 16.9. The summed E-state index contributed by atoms with van der Waals surface area (Å²) in [6.07, 6.45) is 3.39. The summed E-state index contributed by atoms with van der Waals surface area (Å²) in [6.45, 7) is 5.80. The van der Waals surface area contributed by atoms with Gasteiger partial charge in [0.2, 0.25) is 0 Å². The van der Waals surface area contributed by atoms with Gasteiger partial charge in [0.1, 0.15) is 5.82 Å². The molecule has 0 atom stereocenters. The normalized spacial score (nSPS) is 14.5. The minimum absolute atomic E-state index is 0.280. The number of ether oxygens (including phenoxy) is 1. The second kappa shape index (κ2) is 9.15. The lowest BCUT2D eigenvalue weighted by Gasteiger charge is -2.27. The van der Waals surface area contributed by atoms with Gasteiger partial charge in [0.25, 0.3) is 5.91 Å². The van der Waals surface area contributed by atoms with Crippen molar-refractivity contribution in [3.63, 3.8) is 0 Å². The first-order valence-electron chi connectivity index (χ1n) is 10.0. The molecule has 0 unspecified atom stereocenters. The third kappa shape index (κ3) is 4.72. The number of morpholine rings is 1. The summed E-state index contributed by atoms with van der Waals surface area (Å²) < 4.78 is 19.7. The maximum atomic E-state index is 14.3. The summed E-state index contributed by atoms with van der Waals surface area (Å²) in [5.74, 6) is -0.785. The van der Waals surface area contributed by atoms with E-state index in [2.05, 4.69) is 15.2 Å². The van der Waals surface area contributed by atoms with E-state index in [0.717, 1.165) is 55.2 Å². The Morgan fingerprint density at radius 2 is 1.97 bits per heavy atom. The SMILES string of the molecule is Cc1cnccc1-c1cc(F)cc(C(=O)Nc2ccccc2CN2CCOCC2)c1. The van der Waals surface area contributed by atoms with Gasteiger partial charge in [-0.25, -0.2) is 4.39 Å². The van der Waals surface area contributed by atoms with Gasteiger partial charge in [-0.3, -0.25) is 14.7 Å². The molecule has 1 fully saturated rings. The first-order valence-corrected chi connectivity index (χ1v) is 10.0. The van der Waals surface area contributed by atoms with Gasteiger partial charge in [0.15, 0.2) is 0 Å². The minimum Gasteiger partial charge on any atom is -0.379 e. The molecule has 0 bridgehead atoms. The van der Waals surface area contributed by atoms with Crippen molar-refractivity contribution in [2.75, 3.05) is 31.6 Å². The van der Waals surface area contributed by atoms with E-state index >= 15 is 0 Å². The number of anilines is 1. The summed E-state index contributed by atoms with van der Waals surface area (Å²) in [5, 5.41) is 2.96. The van der Waals surface area contributed by atoms with Gasteiger partial charge in [-0.15, -0.1) is 0 Å². The predicted octanol–water partition coefficient (Wildman–Crippen LogP) is 4.28. The van der Waals surface area contributed by atoms with E-state index in [1.807, 2.05) is 37.3 Å². The zero-order chi connectivity index (χ0) is 20.9. The number of halogens is 1. The van der Waals surface area contributed by atoms with Crippen molar-refractivity contribution >= 4 is 11.6 Å². The molecule has 3 aromatic rings. The molecule has 30 heavy (non-hydrogen) atoms. The molecule has 1 N–H and O–H groups in total. The monoisotopic (exact) mass is 405 g/mol. The van der Waals surface area contributed by atoms with Crippen molar-refractivity contribution in [3.05, 3.63) is 83.4 Å². The van der Waals surface area contributed by atoms with E-state index in [-0.39, 0.29) is 11.5 Å². The molecule has 5 nitrogen and oxygen atoms in total. The Bertz CT molecular complexity index is 1050. The fourth-order valence-electron chi connectivity index (χ4n) is 3.65. The summed E-state index contributed by atoms with van der Waals surface area (Å²) in [5.41, 5.74) is 4.47. The topological polar surface area (TPSA) is 54.5 Å². The standard InChI is InChI=1S/C24H24FN3O2/c1-17-15-26-7-6-22(17)19-12-20(14-21(25)13-19)24(29)27-23-5-3-2-4-18(23)16-28-8-10-30-11-9-28/h2-7,12-15H,8-11,16H2,1H3,(H,27,29). The fraction of sp³-hybridized carbons (Fsp3) is 0.250. The van der Waals surface area contributed by atoms with Crippen LogP contribution < -0.4 is 5.32 Å². The highest BCUT2D eigenvalue weighted by molar-refractivity contribution is 6.05. The van der Waals surface area contributed by atoms with Crippen LogP contribution in [0.2, 0.25) is 0 Å². The Kier molecular flexibility index (Phi) is 6.16. The number of hydrogen-bond acceptors (Lipinski definition) is 4. The highest BCUT2D eigenvalue weighted by Crippen LogP contribution is 2.26. The highest BCUT2D eigenvalue weighted by Gasteiger charge is 2.16. The molecule has 0 aliphatic carbocycles. The number of carbonyl (C=O) groups is 1. The van der Waals surface area contributed by atoms with E-state index in [1.54, 1.807) is 18.5 Å². The zero-order valence-corrected chi connectivity index (χ0v) is 16.9. The number of nitrogens with one attached hydrogen (secondary N) is 1. The fourth-order valence-corrected chi connectivity index (χ4v) is 3.65. The molecule has 4 rings (SSSR count). The molecule has 0 saturated carbocycles. The average molecular weight is 405 g/mol. The molecule has 6 heteroatoms. The molecule has 1 aliphatic heterocycles. The second-order valence-corrected chi connectivity index (χ2v) is 7.42. The number of benzene rings is 2. The maximum absolute atomic E-state index is 14.3. The first-order chi connectivity index (χ1) is 14.6. The number of pyridine rings is 1. The van der Waals surface area contributed by atoms with Crippen LogP contribution in [-0.2, 0) is 11.3 Å². The maximum Gasteiger partial charge on any atom is 0.255 e. The summed E-state index contributed by atoms with van der Waals surface area (Å²) in [6, 6.07) is 14.0. The van der Waals surface area contributed by atoms with Crippen molar-refractivity contribution in [2.45, 2.75) is 13.5 Å². The van der Waals surface area contributed by atoms with Gasteiger partial charge in [-0.05, 0) is 59.5 Å². The third-order valence-electron chi connectivity index (χ3n) is 5.25. The van der Waals surface area contributed by atoms with E-state index in [4.69, 9.17) is 4.74 Å². The molecule has 0 spiro atoms. The number of aryl methyl sites for hydroxylation is 1. The molecule has 2 aromatic carbocycles. The van der Waals surface area contributed by atoms with E-state index < -0.39 is 5.82 Å². The Morgan fingerprint density at radius 3 is 2.77 bits per heavy atom. The number of carbonyl (C=O) groups excluding carboxylic acids is 1. The van der Waals surface area contributed by atoms with Gasteiger partial charge in [0, 0.05) is 43.3 Å². The van der Waals surface area contributed by atoms with Crippen LogP contribution in [0.3, 0.4) is 0 Å². The van der Waals surface area contributed by atoms with Gasteiger partial charge in [-0.2, -0.15) is 0 Å². The van der Waals surface area contributed by atoms with E-state index in [0.29, 0.717) is 5.56 Å². The van der Waals surface area contributed by atoms with Crippen molar-refractivity contribution in [3.8, 4) is 11.1 Å². The Labute approximate surface area is 175 Å². The number of aromatic nitrogens is 1. The van der Waals surface area contributed by atoms with Crippen molar-refractivity contribution < 1.29 is 13.9 Å². The van der Waals surface area contributed by atoms with Crippen LogP contribution in [0, 0.1) is 12.7 Å². The number of amides is 1. The largest absolute Gasteiger partial charge is 0.379 e. The molecular weight excluding hydrogens is 381 g/mol. The lowest BCUT2D eigenvalue weighted by Crippen LogP contribution is -2.35. The smallest absolute Gasteiger partial charge is 0.255 e. The average Bonchev–Trinajstić information content (AvgIpc) is 2.76. The molecule has 1 amide bonds. The Balaban J connectivity index is 1.57.